The molecule has 1 radical (unpaired) electrons. The van der Waals surface area contributed by atoms with Crippen molar-refractivity contribution in [3.63, 3.8) is 0 Å². The first-order valence-corrected chi connectivity index (χ1v) is 0.704. The van der Waals surface area contributed by atoms with E-state index in [2.05, 4.69) is 0 Å². The fraction of sp³-hybridized carbons (Fsp3) is 0.500. The van der Waals surface area contributed by atoms with E-state index in [9.17, 15) is 0 Å². The van der Waals surface area contributed by atoms with E-state index in [4.69, 9.17) is 4.79 Å². The summed E-state index contributed by atoms with van der Waals surface area (Å²) in [4.78, 5) is 8.68. The van der Waals surface area contributed by atoms with Gasteiger partial charge in [0.15, 0.2) is 6.29 Å². The van der Waals surface area contributed by atoms with E-state index in [1.807, 2.05) is 0 Å². The molecule has 19 valence electrons. The third kappa shape index (κ3) is 16.6. The first kappa shape index (κ1) is 8.82. The molecule has 0 unspecified atom stereocenters. The Morgan fingerprint density at radius 3 is 1.75 bits per heavy atom. The second-order valence-electron chi connectivity index (χ2n) is 0.204. The van der Waals surface area contributed by atoms with Crippen LogP contribution in [0.1, 0.15) is 6.92 Å². The summed E-state index contributed by atoms with van der Waals surface area (Å²) in [5.41, 5.74) is 0. The minimum absolute atomic E-state index is 0. The molecular weight excluding hydrogens is 63.0 g/mol. The second-order valence-corrected chi connectivity index (χ2v) is 0.204. The summed E-state index contributed by atoms with van der Waals surface area (Å²) in [7, 11) is 0. The molecular formula is C2H4NaO. The molecule has 0 saturated carbocycles. The van der Waals surface area contributed by atoms with E-state index in [0.717, 1.165) is 0 Å². The van der Waals surface area contributed by atoms with Gasteiger partial charge in [0.2, 0.25) is 0 Å². The van der Waals surface area contributed by atoms with Crippen LogP contribution in [0.4, 0.5) is 0 Å². The van der Waals surface area contributed by atoms with Crippen molar-refractivity contribution >= 4 is 35.8 Å². The Morgan fingerprint density at radius 1 is 1.75 bits per heavy atom. The van der Waals surface area contributed by atoms with E-state index in [-0.39, 0.29) is 29.6 Å². The van der Waals surface area contributed by atoms with Crippen molar-refractivity contribution in [1.29, 1.82) is 0 Å². The Morgan fingerprint density at radius 2 is 1.75 bits per heavy atom. The zero-order chi connectivity index (χ0) is 2.71. The zero-order valence-electron chi connectivity index (χ0n) is 1.91. The molecule has 0 heterocycles. The summed E-state index contributed by atoms with van der Waals surface area (Å²) in [5, 5.41) is 0. The maximum absolute atomic E-state index is 8.68. The van der Waals surface area contributed by atoms with Crippen molar-refractivity contribution in [2.75, 3.05) is 0 Å². The van der Waals surface area contributed by atoms with E-state index in [1.165, 1.54) is 13.2 Å². The summed E-state index contributed by atoms with van der Waals surface area (Å²) in [6.45, 7) is 1.32. The first-order valence-electron chi connectivity index (χ1n) is 0.704. The quantitative estimate of drug-likeness (QED) is 0.348. The molecule has 0 rings (SSSR count). The molecule has 0 aliphatic heterocycles. The van der Waals surface area contributed by atoms with Gasteiger partial charge in [0.25, 0.3) is 0 Å². The Bertz CT molecular complexity index is 13.5. The molecule has 0 bridgehead atoms. The molecule has 0 saturated heterocycles. The number of carbonyl (C=O) groups excluding carboxylic acids is 1. The molecule has 0 aromatic rings. The molecule has 2 heteroatoms. The Labute approximate surface area is 47.7 Å². The SMILES string of the molecule is C[C]=O.[NaH]. The molecule has 0 amide bonds. The third-order valence-electron chi connectivity index (χ3n) is 0. The summed E-state index contributed by atoms with van der Waals surface area (Å²) in [6.07, 6.45) is 1.50. The molecule has 0 aliphatic carbocycles. The van der Waals surface area contributed by atoms with E-state index >= 15 is 0 Å². The summed E-state index contributed by atoms with van der Waals surface area (Å²) in [6, 6.07) is 0. The predicted octanol–water partition coefficient (Wildman–Crippen LogP) is -0.532. The van der Waals surface area contributed by atoms with Crippen molar-refractivity contribution < 1.29 is 4.79 Å². The molecule has 0 fully saturated rings. The van der Waals surface area contributed by atoms with Crippen molar-refractivity contribution in [3.8, 4) is 0 Å². The second kappa shape index (κ2) is 9.38. The normalized spacial score (nSPS) is 3.25. The van der Waals surface area contributed by atoms with Gasteiger partial charge in [0, 0.05) is 6.92 Å². The Kier molecular flexibility index (Phi) is 20.7. The van der Waals surface area contributed by atoms with Gasteiger partial charge in [0.05, 0.1) is 0 Å². The molecule has 0 N–H and O–H groups in total. The number of hydrogen-bond donors (Lipinski definition) is 0. The van der Waals surface area contributed by atoms with Gasteiger partial charge in [-0.15, -0.1) is 0 Å². The predicted molar refractivity (Wildman–Crippen MR) is 18.5 cm³/mol. The van der Waals surface area contributed by atoms with Crippen LogP contribution in [0.3, 0.4) is 0 Å². The van der Waals surface area contributed by atoms with Gasteiger partial charge >= 0.3 is 29.6 Å². The molecule has 0 aromatic carbocycles. The van der Waals surface area contributed by atoms with Crippen LogP contribution in [0, 0.1) is 0 Å². The summed E-state index contributed by atoms with van der Waals surface area (Å²) >= 11 is 0. The van der Waals surface area contributed by atoms with Crippen LogP contribution >= 0.6 is 0 Å². The van der Waals surface area contributed by atoms with Crippen LogP contribution in [-0.2, 0) is 4.79 Å². The monoisotopic (exact) mass is 67.0 g/mol. The average Bonchev–Trinajstić information content (AvgIpc) is 0.918. The van der Waals surface area contributed by atoms with Crippen LogP contribution in [0.5, 0.6) is 0 Å². The maximum atomic E-state index is 8.68. The summed E-state index contributed by atoms with van der Waals surface area (Å²) < 4.78 is 0. The van der Waals surface area contributed by atoms with Crippen molar-refractivity contribution in [2.45, 2.75) is 6.92 Å². The molecule has 1 nitrogen and oxygen atoms in total. The fourth-order valence-corrected chi connectivity index (χ4v) is 0. The van der Waals surface area contributed by atoms with E-state index in [1.54, 1.807) is 0 Å². The molecule has 0 aromatic heterocycles. The average molecular weight is 67.0 g/mol. The van der Waals surface area contributed by atoms with E-state index in [0.29, 0.717) is 0 Å². The molecule has 0 spiro atoms. The van der Waals surface area contributed by atoms with Crippen LogP contribution in [0.15, 0.2) is 0 Å². The molecule has 0 atom stereocenters. The van der Waals surface area contributed by atoms with Crippen LogP contribution in [-0.4, -0.2) is 35.8 Å². The van der Waals surface area contributed by atoms with Gasteiger partial charge in [0.1, 0.15) is 0 Å². The summed E-state index contributed by atoms with van der Waals surface area (Å²) in [5.74, 6) is 0. The Balaban J connectivity index is 0. The molecule has 4 heavy (non-hydrogen) atoms. The Hall–Kier alpha value is 0.670. The van der Waals surface area contributed by atoms with Gasteiger partial charge < -0.3 is 0 Å². The van der Waals surface area contributed by atoms with Crippen LogP contribution < -0.4 is 0 Å². The minimum atomic E-state index is 0. The van der Waals surface area contributed by atoms with Crippen molar-refractivity contribution in [2.24, 2.45) is 0 Å². The van der Waals surface area contributed by atoms with Gasteiger partial charge in [-0.3, -0.25) is 4.79 Å². The van der Waals surface area contributed by atoms with Crippen molar-refractivity contribution in [3.05, 3.63) is 0 Å². The van der Waals surface area contributed by atoms with Gasteiger partial charge in [-0.05, 0) is 0 Å². The van der Waals surface area contributed by atoms with Gasteiger partial charge in [-0.25, -0.2) is 0 Å². The topological polar surface area (TPSA) is 17.1 Å². The van der Waals surface area contributed by atoms with Crippen LogP contribution in [0.2, 0.25) is 0 Å². The van der Waals surface area contributed by atoms with Gasteiger partial charge in [-0.1, -0.05) is 0 Å². The van der Waals surface area contributed by atoms with Gasteiger partial charge in [-0.2, -0.15) is 0 Å². The first-order chi connectivity index (χ1) is 1.41. The zero-order valence-corrected chi connectivity index (χ0v) is 1.91. The molecule has 0 aliphatic rings. The van der Waals surface area contributed by atoms with Crippen molar-refractivity contribution in [1.82, 2.24) is 0 Å². The third-order valence-corrected chi connectivity index (χ3v) is 0. The standard InChI is InChI=1S/C2H3O.Na.H/c1-2-3;;/h1H3;;. The van der Waals surface area contributed by atoms with Crippen LogP contribution in [0.25, 0.3) is 0 Å². The fourth-order valence-electron chi connectivity index (χ4n) is 0. The number of rotatable bonds is 0. The van der Waals surface area contributed by atoms with E-state index < -0.39 is 0 Å². The number of hydrogen-bond acceptors (Lipinski definition) is 1.